The van der Waals surface area contributed by atoms with Crippen molar-refractivity contribution in [2.45, 2.75) is 25.8 Å². The van der Waals surface area contributed by atoms with Gasteiger partial charge in [0, 0.05) is 41.0 Å². The highest BCUT2D eigenvalue weighted by molar-refractivity contribution is 6.31. The number of anilines is 1. The van der Waals surface area contributed by atoms with Gasteiger partial charge < -0.3 is 15.0 Å². The Bertz CT molecular complexity index is 1270. The fourth-order valence-electron chi connectivity index (χ4n) is 3.94. The molecular formula is C25H26ClN7O2. The molecule has 0 saturated heterocycles. The summed E-state index contributed by atoms with van der Waals surface area (Å²) in [6.07, 6.45) is 3.89. The Morgan fingerprint density at radius 2 is 2.03 bits per heavy atom. The van der Waals surface area contributed by atoms with Crippen molar-refractivity contribution in [3.05, 3.63) is 76.8 Å². The Morgan fingerprint density at radius 1 is 1.26 bits per heavy atom. The van der Waals surface area contributed by atoms with E-state index in [0.29, 0.717) is 40.7 Å². The van der Waals surface area contributed by atoms with E-state index in [1.807, 2.05) is 18.2 Å². The number of ether oxygens (including phenoxy) is 1. The lowest BCUT2D eigenvalue weighted by Gasteiger charge is -2.26. The number of H-pyrrole nitrogens is 1. The maximum atomic E-state index is 12.8. The SMILES string of the molecule is COc1ccc2c(c1)C(c1ccc(Cl)cc1)=NC(CC(=O)NCCc1cnc[nH]1)C(=N)N2C(C)=N. The number of benzene rings is 2. The van der Waals surface area contributed by atoms with Crippen LogP contribution in [0.2, 0.25) is 5.02 Å². The topological polar surface area (TPSA) is 130 Å². The molecule has 1 atom stereocenters. The molecule has 35 heavy (non-hydrogen) atoms. The van der Waals surface area contributed by atoms with Gasteiger partial charge in [0.25, 0.3) is 0 Å². The van der Waals surface area contributed by atoms with E-state index in [4.69, 9.17) is 32.1 Å². The molecule has 1 unspecified atom stereocenters. The highest BCUT2D eigenvalue weighted by atomic mass is 35.5. The number of aromatic amines is 1. The number of methoxy groups -OCH3 is 1. The average Bonchev–Trinajstić information content (AvgIpc) is 3.32. The number of amidine groups is 2. The Labute approximate surface area is 208 Å². The third kappa shape index (κ3) is 5.41. The molecule has 9 nitrogen and oxygen atoms in total. The smallest absolute Gasteiger partial charge is 0.222 e. The quantitative estimate of drug-likeness (QED) is 0.295. The lowest BCUT2D eigenvalue weighted by Crippen LogP contribution is -2.42. The molecule has 180 valence electrons. The minimum Gasteiger partial charge on any atom is -0.497 e. The van der Waals surface area contributed by atoms with Gasteiger partial charge in [-0.25, -0.2) is 4.98 Å². The summed E-state index contributed by atoms with van der Waals surface area (Å²) in [5, 5.41) is 20.8. The van der Waals surface area contributed by atoms with Crippen molar-refractivity contribution < 1.29 is 9.53 Å². The summed E-state index contributed by atoms with van der Waals surface area (Å²) in [6.45, 7) is 2.04. The molecule has 4 rings (SSSR count). The highest BCUT2D eigenvalue weighted by Gasteiger charge is 2.32. The number of carbonyl (C=O) groups excluding carboxylic acids is 1. The van der Waals surface area contributed by atoms with Crippen LogP contribution in [0.15, 0.2) is 60.0 Å². The van der Waals surface area contributed by atoms with E-state index in [0.717, 1.165) is 11.3 Å². The molecule has 0 saturated carbocycles. The normalized spacial score (nSPS) is 15.2. The van der Waals surface area contributed by atoms with Crippen molar-refractivity contribution in [1.82, 2.24) is 15.3 Å². The monoisotopic (exact) mass is 491 g/mol. The van der Waals surface area contributed by atoms with Gasteiger partial charge in [-0.15, -0.1) is 0 Å². The summed E-state index contributed by atoms with van der Waals surface area (Å²) in [7, 11) is 1.58. The van der Waals surface area contributed by atoms with Crippen LogP contribution in [0.5, 0.6) is 5.75 Å². The van der Waals surface area contributed by atoms with Crippen molar-refractivity contribution in [3.63, 3.8) is 0 Å². The Hall–Kier alpha value is -3.98. The van der Waals surface area contributed by atoms with Crippen LogP contribution in [0.25, 0.3) is 0 Å². The molecule has 1 amide bonds. The maximum Gasteiger partial charge on any atom is 0.222 e. The average molecular weight is 492 g/mol. The van der Waals surface area contributed by atoms with Gasteiger partial charge in [0.1, 0.15) is 23.5 Å². The van der Waals surface area contributed by atoms with Gasteiger partial charge in [-0.1, -0.05) is 23.7 Å². The van der Waals surface area contributed by atoms with Gasteiger partial charge in [0.15, 0.2) is 0 Å². The van der Waals surface area contributed by atoms with Gasteiger partial charge >= 0.3 is 0 Å². The maximum absolute atomic E-state index is 12.8. The number of amides is 1. The molecule has 1 aliphatic heterocycles. The number of nitrogens with zero attached hydrogens (tertiary/aromatic N) is 3. The van der Waals surface area contributed by atoms with E-state index >= 15 is 0 Å². The molecule has 10 heteroatoms. The fourth-order valence-corrected chi connectivity index (χ4v) is 4.07. The first-order valence-electron chi connectivity index (χ1n) is 11.1. The number of aromatic nitrogens is 2. The highest BCUT2D eigenvalue weighted by Crippen LogP contribution is 2.33. The fraction of sp³-hybridized carbons (Fsp3) is 0.240. The number of hydrogen-bond donors (Lipinski definition) is 4. The van der Waals surface area contributed by atoms with E-state index in [-0.39, 0.29) is 24.0 Å². The number of benzodiazepines with no additional fused rings is 1. The molecule has 0 bridgehead atoms. The van der Waals surface area contributed by atoms with Gasteiger partial charge in [0.05, 0.1) is 31.3 Å². The molecule has 0 fully saturated rings. The molecule has 1 aromatic heterocycles. The van der Waals surface area contributed by atoms with Crippen molar-refractivity contribution in [2.24, 2.45) is 4.99 Å². The van der Waals surface area contributed by atoms with E-state index in [2.05, 4.69) is 15.3 Å². The molecule has 2 heterocycles. The molecule has 0 radical (unpaired) electrons. The van der Waals surface area contributed by atoms with Gasteiger partial charge in [-0.05, 0) is 37.3 Å². The van der Waals surface area contributed by atoms with Crippen LogP contribution in [0, 0.1) is 10.8 Å². The number of halogens is 1. The summed E-state index contributed by atoms with van der Waals surface area (Å²) in [4.78, 5) is 26.2. The third-order valence-corrected chi connectivity index (χ3v) is 5.90. The summed E-state index contributed by atoms with van der Waals surface area (Å²) in [6, 6.07) is 11.9. The number of rotatable bonds is 7. The lowest BCUT2D eigenvalue weighted by atomic mass is 9.99. The van der Waals surface area contributed by atoms with Crippen LogP contribution in [0.1, 0.15) is 30.2 Å². The van der Waals surface area contributed by atoms with Gasteiger partial charge in [-0.2, -0.15) is 0 Å². The number of imidazole rings is 1. The number of carbonyl (C=O) groups is 1. The minimum atomic E-state index is -0.800. The summed E-state index contributed by atoms with van der Waals surface area (Å²) >= 11 is 6.11. The van der Waals surface area contributed by atoms with Crippen molar-refractivity contribution >= 4 is 40.6 Å². The van der Waals surface area contributed by atoms with E-state index < -0.39 is 6.04 Å². The zero-order valence-corrected chi connectivity index (χ0v) is 20.2. The van der Waals surface area contributed by atoms with Crippen LogP contribution in [0.4, 0.5) is 5.69 Å². The second kappa shape index (κ2) is 10.5. The Morgan fingerprint density at radius 3 is 2.69 bits per heavy atom. The van der Waals surface area contributed by atoms with Crippen LogP contribution < -0.4 is 15.0 Å². The summed E-state index contributed by atoms with van der Waals surface area (Å²) < 4.78 is 5.44. The van der Waals surface area contributed by atoms with E-state index in [9.17, 15) is 4.79 Å². The standard InChI is InChI=1S/C25H26ClN7O2/c1-15(27)33-22-8-7-19(35-2)11-20(22)24(16-3-5-17(26)6-4-16)32-21(25(33)28)12-23(34)30-10-9-18-13-29-14-31-18/h3-8,11,13-14,21,27-28H,9-10,12H2,1-2H3,(H,29,31)(H,30,34). The van der Waals surface area contributed by atoms with Crippen LogP contribution >= 0.6 is 11.6 Å². The zero-order valence-electron chi connectivity index (χ0n) is 19.4. The van der Waals surface area contributed by atoms with Crippen LogP contribution in [0.3, 0.4) is 0 Å². The van der Waals surface area contributed by atoms with Crippen molar-refractivity contribution in [1.29, 1.82) is 10.8 Å². The predicted molar refractivity (Wildman–Crippen MR) is 137 cm³/mol. The van der Waals surface area contributed by atoms with Crippen molar-refractivity contribution in [3.8, 4) is 5.75 Å². The van der Waals surface area contributed by atoms with E-state index in [1.165, 1.54) is 4.90 Å². The Kier molecular flexibility index (Phi) is 7.26. The summed E-state index contributed by atoms with van der Waals surface area (Å²) in [5.41, 5.74) is 3.63. The third-order valence-electron chi connectivity index (χ3n) is 5.64. The molecule has 4 N–H and O–H groups in total. The molecular weight excluding hydrogens is 466 g/mol. The number of aliphatic imine (C=N–C) groups is 1. The van der Waals surface area contributed by atoms with Crippen LogP contribution in [-0.2, 0) is 11.2 Å². The lowest BCUT2D eigenvalue weighted by molar-refractivity contribution is -0.121. The number of nitrogens with one attached hydrogen (secondary N) is 4. The first-order valence-corrected chi connectivity index (χ1v) is 11.4. The molecule has 1 aliphatic rings. The molecule has 2 aromatic carbocycles. The van der Waals surface area contributed by atoms with E-state index in [1.54, 1.807) is 50.8 Å². The van der Waals surface area contributed by atoms with Crippen LogP contribution in [-0.4, -0.2) is 53.0 Å². The molecule has 3 aromatic rings. The summed E-state index contributed by atoms with van der Waals surface area (Å²) in [5.74, 6) is 0.592. The molecule has 0 spiro atoms. The zero-order chi connectivity index (χ0) is 24.9. The Balaban J connectivity index is 1.70. The first-order chi connectivity index (χ1) is 16.9. The predicted octanol–water partition coefficient (Wildman–Crippen LogP) is 3.82. The number of hydrogen-bond acceptors (Lipinski definition) is 6. The minimum absolute atomic E-state index is 0.0339. The van der Waals surface area contributed by atoms with Crippen molar-refractivity contribution in [2.75, 3.05) is 18.6 Å². The second-order valence-electron chi connectivity index (χ2n) is 8.07. The van der Waals surface area contributed by atoms with Gasteiger partial charge in [-0.3, -0.25) is 25.5 Å². The molecule has 0 aliphatic carbocycles. The largest absolute Gasteiger partial charge is 0.497 e. The first kappa shape index (κ1) is 24.2. The second-order valence-corrected chi connectivity index (χ2v) is 8.51. The van der Waals surface area contributed by atoms with Gasteiger partial charge in [0.2, 0.25) is 5.91 Å². The number of fused-ring (bicyclic) bond motifs is 1.